The van der Waals surface area contributed by atoms with Gasteiger partial charge in [0.05, 0.1) is 4.90 Å². The molecule has 7 heteroatoms. The fraction of sp³-hybridized carbons (Fsp3) is 0.100. The zero-order chi connectivity index (χ0) is 12.8. The number of aliphatic carboxylic acids is 1. The van der Waals surface area contributed by atoms with E-state index in [1.165, 1.54) is 24.3 Å². The van der Waals surface area contributed by atoms with Crippen molar-refractivity contribution in [2.24, 2.45) is 0 Å². The second-order valence-electron chi connectivity index (χ2n) is 3.47. The molecule has 0 aliphatic carbocycles. The smallest absolute Gasteiger partial charge is 0.357 e. The lowest BCUT2D eigenvalue weighted by Gasteiger charge is -2.26. The summed E-state index contributed by atoms with van der Waals surface area (Å²) in [6.07, 6.45) is 0. The largest absolute Gasteiger partial charge is 0.505 e. The number of aliphatic hydroxyl groups excluding tert-OH is 1. The normalized spacial score (nSPS) is 17.8. The molecule has 0 aromatic heterocycles. The maximum atomic E-state index is 12.0. The molecule has 2 rings (SSSR count). The van der Waals surface area contributed by atoms with E-state index in [0.29, 0.717) is 4.31 Å². The maximum absolute atomic E-state index is 12.0. The van der Waals surface area contributed by atoms with E-state index in [1.54, 1.807) is 0 Å². The molecule has 1 heterocycles. The molecule has 90 valence electrons. The molecule has 6 nitrogen and oxygen atoms in total. The molecule has 0 amide bonds. The van der Waals surface area contributed by atoms with Gasteiger partial charge in [-0.05, 0) is 12.1 Å². The number of nitrogens with zero attached hydrogens (tertiary/aromatic N) is 1. The van der Waals surface area contributed by atoms with Gasteiger partial charge in [-0.25, -0.2) is 13.2 Å². The molecule has 1 aliphatic heterocycles. The van der Waals surface area contributed by atoms with Gasteiger partial charge in [-0.2, -0.15) is 0 Å². The number of likely N-dealkylation sites (N-methyl/N-ethyl adjacent to an activating group) is 1. The number of carbonyl (C=O) groups is 1. The summed E-state index contributed by atoms with van der Waals surface area (Å²) in [4.78, 5) is 10.8. The monoisotopic (exact) mass is 255 g/mol. The standard InChI is InChI=1S/C10H9NO5S/c1-11-8(10(13)14)9(12)6-4-2-3-5-7(6)17(11,15)16/h2-5,12H,1H3,(H,13,14). The van der Waals surface area contributed by atoms with E-state index in [4.69, 9.17) is 5.11 Å². The molecule has 1 aromatic rings. The Morgan fingerprint density at radius 3 is 2.47 bits per heavy atom. The Labute approximate surface area is 97.5 Å². The number of benzene rings is 1. The molecule has 0 atom stereocenters. The average molecular weight is 255 g/mol. The summed E-state index contributed by atoms with van der Waals surface area (Å²) in [5.74, 6) is -2.05. The van der Waals surface area contributed by atoms with Crippen molar-refractivity contribution in [2.45, 2.75) is 4.90 Å². The first-order valence-corrected chi connectivity index (χ1v) is 6.06. The first-order valence-electron chi connectivity index (χ1n) is 4.62. The third kappa shape index (κ3) is 1.47. The molecule has 1 aromatic carbocycles. The quantitative estimate of drug-likeness (QED) is 0.767. The number of fused-ring (bicyclic) bond motifs is 1. The van der Waals surface area contributed by atoms with Gasteiger partial charge in [0, 0.05) is 12.6 Å². The summed E-state index contributed by atoms with van der Waals surface area (Å²) < 4.78 is 24.5. The summed E-state index contributed by atoms with van der Waals surface area (Å²) >= 11 is 0. The van der Waals surface area contributed by atoms with E-state index >= 15 is 0 Å². The van der Waals surface area contributed by atoms with Gasteiger partial charge < -0.3 is 10.2 Å². The van der Waals surface area contributed by atoms with Crippen LogP contribution in [-0.2, 0) is 14.8 Å². The number of aliphatic hydroxyl groups is 1. The Morgan fingerprint density at radius 1 is 1.29 bits per heavy atom. The summed E-state index contributed by atoms with van der Waals surface area (Å²) in [5.41, 5.74) is -0.647. The van der Waals surface area contributed by atoms with E-state index in [-0.39, 0.29) is 10.5 Å². The van der Waals surface area contributed by atoms with Crippen LogP contribution in [0.25, 0.3) is 5.76 Å². The summed E-state index contributed by atoms with van der Waals surface area (Å²) in [7, 11) is -2.82. The molecule has 0 saturated heterocycles. The van der Waals surface area contributed by atoms with E-state index in [1.807, 2.05) is 0 Å². The number of sulfonamides is 1. The highest BCUT2D eigenvalue weighted by Crippen LogP contribution is 2.34. The number of carboxylic acids is 1. The minimum atomic E-state index is -3.91. The van der Waals surface area contributed by atoms with Crippen LogP contribution in [-0.4, -0.2) is 36.0 Å². The first kappa shape index (κ1) is 11.5. The van der Waals surface area contributed by atoms with Gasteiger partial charge in [-0.3, -0.25) is 4.31 Å². The van der Waals surface area contributed by atoms with Gasteiger partial charge in [-0.1, -0.05) is 12.1 Å². The van der Waals surface area contributed by atoms with Gasteiger partial charge >= 0.3 is 5.97 Å². The maximum Gasteiger partial charge on any atom is 0.357 e. The van der Waals surface area contributed by atoms with Crippen molar-refractivity contribution < 1.29 is 23.4 Å². The van der Waals surface area contributed by atoms with Gasteiger partial charge in [0.2, 0.25) is 0 Å². The fourth-order valence-electron chi connectivity index (χ4n) is 1.67. The third-order valence-electron chi connectivity index (χ3n) is 2.52. The molecule has 2 N–H and O–H groups in total. The number of carboxylic acid groups (broad SMARTS) is 1. The highest BCUT2D eigenvalue weighted by Gasteiger charge is 2.37. The SMILES string of the molecule is CN1C(C(=O)O)=C(O)c2ccccc2S1(=O)=O. The number of hydrogen-bond donors (Lipinski definition) is 2. The van der Waals surface area contributed by atoms with Gasteiger partial charge in [0.25, 0.3) is 10.0 Å². The van der Waals surface area contributed by atoms with Crippen LogP contribution in [0.1, 0.15) is 5.56 Å². The Balaban J connectivity index is 2.87. The lowest BCUT2D eigenvalue weighted by atomic mass is 10.1. The number of rotatable bonds is 1. The zero-order valence-corrected chi connectivity index (χ0v) is 9.60. The molecule has 17 heavy (non-hydrogen) atoms. The average Bonchev–Trinajstić information content (AvgIpc) is 2.27. The predicted molar refractivity (Wildman–Crippen MR) is 58.6 cm³/mol. The minimum Gasteiger partial charge on any atom is -0.505 e. The topological polar surface area (TPSA) is 94.9 Å². The van der Waals surface area contributed by atoms with Crippen molar-refractivity contribution in [1.29, 1.82) is 0 Å². The van der Waals surface area contributed by atoms with Crippen LogP contribution >= 0.6 is 0 Å². The van der Waals surface area contributed by atoms with Gasteiger partial charge in [0.15, 0.2) is 11.5 Å². The molecule has 0 fully saturated rings. The van der Waals surface area contributed by atoms with E-state index in [2.05, 4.69) is 0 Å². The van der Waals surface area contributed by atoms with Crippen molar-refractivity contribution in [3.05, 3.63) is 35.5 Å². The van der Waals surface area contributed by atoms with Crippen LogP contribution in [0, 0.1) is 0 Å². The predicted octanol–water partition coefficient (Wildman–Crippen LogP) is 0.632. The number of hydrogen-bond acceptors (Lipinski definition) is 4. The Bertz CT molecular complexity index is 632. The van der Waals surface area contributed by atoms with Crippen LogP contribution < -0.4 is 0 Å². The lowest BCUT2D eigenvalue weighted by Crippen LogP contribution is -2.34. The van der Waals surface area contributed by atoms with Crippen molar-refractivity contribution in [3.8, 4) is 0 Å². The highest BCUT2D eigenvalue weighted by atomic mass is 32.2. The second kappa shape index (κ2) is 3.49. The highest BCUT2D eigenvalue weighted by molar-refractivity contribution is 7.89. The second-order valence-corrected chi connectivity index (χ2v) is 5.41. The van der Waals surface area contributed by atoms with E-state index in [0.717, 1.165) is 7.05 Å². The van der Waals surface area contributed by atoms with Crippen molar-refractivity contribution in [1.82, 2.24) is 4.31 Å². The third-order valence-corrected chi connectivity index (χ3v) is 4.34. The molecule has 0 bridgehead atoms. The first-order chi connectivity index (χ1) is 7.87. The molecule has 0 spiro atoms. The molecule has 0 unspecified atom stereocenters. The van der Waals surface area contributed by atoms with Crippen LogP contribution in [0.5, 0.6) is 0 Å². The summed E-state index contributed by atoms with van der Waals surface area (Å²) in [5, 5.41) is 18.7. The van der Waals surface area contributed by atoms with Crippen LogP contribution in [0.4, 0.5) is 0 Å². The minimum absolute atomic E-state index is 0.00278. The molecular formula is C10H9NO5S. The Hall–Kier alpha value is -2.02. The Morgan fingerprint density at radius 2 is 1.88 bits per heavy atom. The van der Waals surface area contributed by atoms with Crippen LogP contribution in [0.3, 0.4) is 0 Å². The Kier molecular flexibility index (Phi) is 2.35. The fourth-order valence-corrected chi connectivity index (χ4v) is 3.06. The molecule has 0 saturated carbocycles. The van der Waals surface area contributed by atoms with Gasteiger partial charge in [0.1, 0.15) is 0 Å². The van der Waals surface area contributed by atoms with Gasteiger partial charge in [-0.15, -0.1) is 0 Å². The molecule has 0 radical (unpaired) electrons. The molecule has 1 aliphatic rings. The summed E-state index contributed by atoms with van der Waals surface area (Å²) in [6, 6.07) is 5.70. The van der Waals surface area contributed by atoms with Crippen molar-refractivity contribution in [3.63, 3.8) is 0 Å². The lowest BCUT2D eigenvalue weighted by molar-refractivity contribution is -0.133. The summed E-state index contributed by atoms with van der Waals surface area (Å²) in [6.45, 7) is 0. The molecular weight excluding hydrogens is 246 g/mol. The van der Waals surface area contributed by atoms with Crippen LogP contribution in [0.15, 0.2) is 34.9 Å². The van der Waals surface area contributed by atoms with E-state index in [9.17, 15) is 18.3 Å². The van der Waals surface area contributed by atoms with E-state index < -0.39 is 27.4 Å². The van der Waals surface area contributed by atoms with Crippen LogP contribution in [0.2, 0.25) is 0 Å². The van der Waals surface area contributed by atoms with Crippen molar-refractivity contribution >= 4 is 21.8 Å². The zero-order valence-electron chi connectivity index (χ0n) is 8.78. The van der Waals surface area contributed by atoms with Crippen molar-refractivity contribution in [2.75, 3.05) is 7.05 Å².